The molecule has 1 fully saturated rings. The number of hydrogen-bond acceptors (Lipinski definition) is 3. The van der Waals surface area contributed by atoms with E-state index in [9.17, 15) is 5.11 Å². The summed E-state index contributed by atoms with van der Waals surface area (Å²) in [6.07, 6.45) is 4.29. The lowest BCUT2D eigenvalue weighted by atomic mass is 9.86. The van der Waals surface area contributed by atoms with Crippen LogP contribution in [-0.4, -0.2) is 22.7 Å². The van der Waals surface area contributed by atoms with Crippen molar-refractivity contribution in [1.29, 1.82) is 0 Å². The molecule has 0 spiro atoms. The summed E-state index contributed by atoms with van der Waals surface area (Å²) in [6.45, 7) is 0.812. The summed E-state index contributed by atoms with van der Waals surface area (Å²) >= 11 is 0. The first-order valence-electron chi connectivity index (χ1n) is 7.11. The Morgan fingerprint density at radius 3 is 2.84 bits per heavy atom. The number of aliphatic hydroxyl groups excluding tert-OH is 1. The third-order valence-electron chi connectivity index (χ3n) is 4.01. The number of aliphatic hydroxyl groups is 1. The number of hydrogen-bond donors (Lipinski definition) is 2. The average Bonchev–Trinajstić information content (AvgIpc) is 2.46. The van der Waals surface area contributed by atoms with E-state index in [1.807, 2.05) is 24.3 Å². The van der Waals surface area contributed by atoms with Gasteiger partial charge in [-0.05, 0) is 31.0 Å². The van der Waals surface area contributed by atoms with Crippen molar-refractivity contribution in [2.24, 2.45) is 5.92 Å². The zero-order chi connectivity index (χ0) is 13.1. The molecule has 1 heterocycles. The second-order valence-electron chi connectivity index (χ2n) is 5.38. The Hall–Kier alpha value is -1.61. The lowest BCUT2D eigenvalue weighted by Crippen LogP contribution is -2.30. The Bertz CT molecular complexity index is 555. The van der Waals surface area contributed by atoms with Gasteiger partial charge < -0.3 is 10.4 Å². The monoisotopic (exact) mass is 256 g/mol. The van der Waals surface area contributed by atoms with Gasteiger partial charge >= 0.3 is 0 Å². The number of nitrogens with one attached hydrogen (secondary N) is 1. The van der Waals surface area contributed by atoms with Gasteiger partial charge in [0.15, 0.2) is 0 Å². The van der Waals surface area contributed by atoms with E-state index in [4.69, 9.17) is 0 Å². The molecular weight excluding hydrogens is 236 g/mol. The standard InChI is InChI=1S/C16H20N2O/c19-15-8-4-2-6-13(15)11-17-16-10-9-12-5-1-3-7-14(12)18-16/h1,3,5,7,9-10,13,15,19H,2,4,6,8,11H2,(H,17,18). The van der Waals surface area contributed by atoms with Gasteiger partial charge in [-0.2, -0.15) is 0 Å². The van der Waals surface area contributed by atoms with Crippen LogP contribution in [0.15, 0.2) is 36.4 Å². The highest BCUT2D eigenvalue weighted by Gasteiger charge is 2.22. The molecule has 3 nitrogen and oxygen atoms in total. The summed E-state index contributed by atoms with van der Waals surface area (Å²) in [5.41, 5.74) is 1.01. The van der Waals surface area contributed by atoms with E-state index in [1.54, 1.807) is 0 Å². The largest absolute Gasteiger partial charge is 0.393 e. The smallest absolute Gasteiger partial charge is 0.126 e. The summed E-state index contributed by atoms with van der Waals surface area (Å²) < 4.78 is 0. The fourth-order valence-electron chi connectivity index (χ4n) is 2.83. The molecule has 100 valence electrons. The maximum absolute atomic E-state index is 9.96. The second kappa shape index (κ2) is 5.57. The topological polar surface area (TPSA) is 45.1 Å². The van der Waals surface area contributed by atoms with Crippen LogP contribution in [0.5, 0.6) is 0 Å². The zero-order valence-electron chi connectivity index (χ0n) is 11.0. The number of rotatable bonds is 3. The molecule has 1 saturated carbocycles. The molecule has 0 saturated heterocycles. The van der Waals surface area contributed by atoms with Crippen molar-refractivity contribution >= 4 is 16.7 Å². The number of aromatic nitrogens is 1. The fourth-order valence-corrected chi connectivity index (χ4v) is 2.83. The molecule has 2 unspecified atom stereocenters. The van der Waals surface area contributed by atoms with E-state index in [0.29, 0.717) is 5.92 Å². The molecule has 1 aliphatic carbocycles. The first kappa shape index (κ1) is 12.4. The second-order valence-corrected chi connectivity index (χ2v) is 5.38. The summed E-state index contributed by atoms with van der Waals surface area (Å²) in [4.78, 5) is 4.59. The van der Waals surface area contributed by atoms with Gasteiger partial charge in [0.1, 0.15) is 5.82 Å². The summed E-state index contributed by atoms with van der Waals surface area (Å²) in [6, 6.07) is 12.2. The van der Waals surface area contributed by atoms with Crippen molar-refractivity contribution < 1.29 is 5.11 Å². The predicted octanol–water partition coefficient (Wildman–Crippen LogP) is 3.20. The predicted molar refractivity (Wildman–Crippen MR) is 78.2 cm³/mol. The number of pyridine rings is 1. The zero-order valence-corrected chi connectivity index (χ0v) is 11.0. The summed E-state index contributed by atoms with van der Waals surface area (Å²) in [5.74, 6) is 1.26. The Morgan fingerprint density at radius 2 is 1.95 bits per heavy atom. The highest BCUT2D eigenvalue weighted by molar-refractivity contribution is 5.79. The van der Waals surface area contributed by atoms with Crippen LogP contribution >= 0.6 is 0 Å². The quantitative estimate of drug-likeness (QED) is 0.886. The van der Waals surface area contributed by atoms with Crippen LogP contribution < -0.4 is 5.32 Å². The van der Waals surface area contributed by atoms with Crippen molar-refractivity contribution in [3.63, 3.8) is 0 Å². The van der Waals surface area contributed by atoms with Crippen LogP contribution in [0.4, 0.5) is 5.82 Å². The van der Waals surface area contributed by atoms with Gasteiger partial charge in [0.25, 0.3) is 0 Å². The Kier molecular flexibility index (Phi) is 3.65. The molecular formula is C16H20N2O. The van der Waals surface area contributed by atoms with Crippen LogP contribution in [-0.2, 0) is 0 Å². The third kappa shape index (κ3) is 2.87. The highest BCUT2D eigenvalue weighted by Crippen LogP contribution is 2.24. The van der Waals surface area contributed by atoms with E-state index in [2.05, 4.69) is 22.4 Å². The summed E-state index contributed by atoms with van der Waals surface area (Å²) in [5, 5.41) is 14.5. The minimum atomic E-state index is -0.151. The fraction of sp³-hybridized carbons (Fsp3) is 0.438. The number of benzene rings is 1. The van der Waals surface area contributed by atoms with Gasteiger partial charge in [-0.3, -0.25) is 0 Å². The van der Waals surface area contributed by atoms with Crippen LogP contribution in [0.3, 0.4) is 0 Å². The molecule has 3 rings (SSSR count). The third-order valence-corrected chi connectivity index (χ3v) is 4.01. The van der Waals surface area contributed by atoms with Gasteiger partial charge in [0, 0.05) is 17.8 Å². The molecule has 2 N–H and O–H groups in total. The SMILES string of the molecule is OC1CCCCC1CNc1ccc2ccccc2n1. The van der Waals surface area contributed by atoms with Crippen LogP contribution in [0, 0.1) is 5.92 Å². The summed E-state index contributed by atoms with van der Waals surface area (Å²) in [7, 11) is 0. The van der Waals surface area contributed by atoms with Gasteiger partial charge in [-0.1, -0.05) is 31.0 Å². The highest BCUT2D eigenvalue weighted by atomic mass is 16.3. The Morgan fingerprint density at radius 1 is 1.11 bits per heavy atom. The van der Waals surface area contributed by atoms with Crippen molar-refractivity contribution in [2.75, 3.05) is 11.9 Å². The van der Waals surface area contributed by atoms with Crippen LogP contribution in [0.2, 0.25) is 0 Å². The number of nitrogens with zero attached hydrogens (tertiary/aromatic N) is 1. The minimum absolute atomic E-state index is 0.151. The normalized spacial score (nSPS) is 23.4. The number of anilines is 1. The maximum Gasteiger partial charge on any atom is 0.126 e. The van der Waals surface area contributed by atoms with E-state index < -0.39 is 0 Å². The van der Waals surface area contributed by atoms with E-state index in [1.165, 1.54) is 6.42 Å². The number of fused-ring (bicyclic) bond motifs is 1. The first-order chi connectivity index (χ1) is 9.33. The van der Waals surface area contributed by atoms with Gasteiger partial charge in [-0.25, -0.2) is 4.98 Å². The van der Waals surface area contributed by atoms with Crippen molar-refractivity contribution in [1.82, 2.24) is 4.98 Å². The molecule has 2 atom stereocenters. The Balaban J connectivity index is 1.67. The van der Waals surface area contributed by atoms with E-state index in [0.717, 1.165) is 42.5 Å². The van der Waals surface area contributed by atoms with Crippen molar-refractivity contribution in [3.8, 4) is 0 Å². The van der Waals surface area contributed by atoms with E-state index >= 15 is 0 Å². The van der Waals surface area contributed by atoms with Crippen LogP contribution in [0.25, 0.3) is 10.9 Å². The molecule has 0 aliphatic heterocycles. The maximum atomic E-state index is 9.96. The molecule has 1 aromatic heterocycles. The molecule has 0 amide bonds. The van der Waals surface area contributed by atoms with Crippen molar-refractivity contribution in [3.05, 3.63) is 36.4 Å². The molecule has 2 aromatic rings. The average molecular weight is 256 g/mol. The Labute approximate surface area is 113 Å². The molecule has 0 bridgehead atoms. The molecule has 0 radical (unpaired) electrons. The molecule has 19 heavy (non-hydrogen) atoms. The minimum Gasteiger partial charge on any atom is -0.393 e. The number of para-hydroxylation sites is 1. The van der Waals surface area contributed by atoms with Crippen LogP contribution in [0.1, 0.15) is 25.7 Å². The molecule has 1 aliphatic rings. The van der Waals surface area contributed by atoms with Gasteiger partial charge in [-0.15, -0.1) is 0 Å². The van der Waals surface area contributed by atoms with E-state index in [-0.39, 0.29) is 6.10 Å². The van der Waals surface area contributed by atoms with Crippen molar-refractivity contribution in [2.45, 2.75) is 31.8 Å². The first-order valence-corrected chi connectivity index (χ1v) is 7.11. The molecule has 1 aromatic carbocycles. The lowest BCUT2D eigenvalue weighted by molar-refractivity contribution is 0.0763. The van der Waals surface area contributed by atoms with Gasteiger partial charge in [0.05, 0.1) is 11.6 Å². The lowest BCUT2D eigenvalue weighted by Gasteiger charge is -2.27. The molecule has 3 heteroatoms. The van der Waals surface area contributed by atoms with Gasteiger partial charge in [0.2, 0.25) is 0 Å².